The van der Waals surface area contributed by atoms with Crippen LogP contribution < -0.4 is 10.5 Å². The van der Waals surface area contributed by atoms with Gasteiger partial charge in [0.1, 0.15) is 4.90 Å². The molecule has 0 bridgehead atoms. The first-order valence-electron chi connectivity index (χ1n) is 7.21. The van der Waals surface area contributed by atoms with Crippen LogP contribution in [-0.2, 0) is 17.1 Å². The number of aromatic nitrogens is 2. The quantitative estimate of drug-likeness (QED) is 0.862. The molecule has 0 unspecified atom stereocenters. The van der Waals surface area contributed by atoms with Crippen molar-refractivity contribution in [1.82, 2.24) is 14.5 Å². The Morgan fingerprint density at radius 1 is 1.35 bits per heavy atom. The molecule has 6 nitrogen and oxygen atoms in total. The molecule has 1 aliphatic rings. The van der Waals surface area contributed by atoms with Crippen molar-refractivity contribution in [3.05, 3.63) is 6.20 Å². The Bertz CT molecular complexity index is 545. The molecule has 0 aromatic carbocycles. The van der Waals surface area contributed by atoms with Gasteiger partial charge in [0.05, 0.1) is 0 Å². The number of nitrogen functional groups attached to an aromatic ring is 1. The highest BCUT2D eigenvalue weighted by Crippen LogP contribution is 2.30. The molecule has 0 spiro atoms. The highest BCUT2D eigenvalue weighted by Gasteiger charge is 2.24. The lowest BCUT2D eigenvalue weighted by Gasteiger charge is -2.27. The van der Waals surface area contributed by atoms with Crippen LogP contribution in [0, 0.1) is 11.8 Å². The van der Waals surface area contributed by atoms with E-state index in [1.807, 2.05) is 0 Å². The molecule has 0 saturated heterocycles. The summed E-state index contributed by atoms with van der Waals surface area (Å²) in [7, 11) is -1.89. The largest absolute Gasteiger partial charge is 0.381 e. The molecule has 1 aromatic rings. The highest BCUT2D eigenvalue weighted by molar-refractivity contribution is 7.89. The second-order valence-electron chi connectivity index (χ2n) is 5.70. The molecule has 114 valence electrons. The average molecular weight is 300 g/mol. The monoisotopic (exact) mass is 300 g/mol. The van der Waals surface area contributed by atoms with Gasteiger partial charge in [0.2, 0.25) is 10.0 Å². The van der Waals surface area contributed by atoms with Gasteiger partial charge in [-0.3, -0.25) is 4.68 Å². The van der Waals surface area contributed by atoms with Crippen molar-refractivity contribution >= 4 is 15.8 Å². The lowest BCUT2D eigenvalue weighted by molar-refractivity contribution is 0.270. The van der Waals surface area contributed by atoms with Crippen molar-refractivity contribution in [2.24, 2.45) is 18.9 Å². The molecule has 20 heavy (non-hydrogen) atoms. The number of rotatable bonds is 5. The van der Waals surface area contributed by atoms with Gasteiger partial charge in [0.25, 0.3) is 0 Å². The van der Waals surface area contributed by atoms with Crippen molar-refractivity contribution in [3.8, 4) is 0 Å². The maximum atomic E-state index is 12.2. The van der Waals surface area contributed by atoms with E-state index in [9.17, 15) is 8.42 Å². The van der Waals surface area contributed by atoms with E-state index in [1.54, 1.807) is 7.05 Å². The fraction of sp³-hybridized carbons (Fsp3) is 0.769. The van der Waals surface area contributed by atoms with Crippen LogP contribution in [0.5, 0.6) is 0 Å². The lowest BCUT2D eigenvalue weighted by atomic mass is 9.81. The van der Waals surface area contributed by atoms with E-state index in [0.717, 1.165) is 18.8 Å². The van der Waals surface area contributed by atoms with E-state index in [1.165, 1.54) is 30.1 Å². The van der Waals surface area contributed by atoms with Crippen LogP contribution >= 0.6 is 0 Å². The van der Waals surface area contributed by atoms with E-state index in [4.69, 9.17) is 5.73 Å². The zero-order valence-electron chi connectivity index (χ0n) is 12.2. The summed E-state index contributed by atoms with van der Waals surface area (Å²) in [4.78, 5) is 0.0715. The van der Waals surface area contributed by atoms with Gasteiger partial charge in [-0.05, 0) is 24.7 Å². The predicted octanol–water partition coefficient (Wildman–Crippen LogP) is 1.50. The molecular formula is C13H24N4O2S. The summed E-state index contributed by atoms with van der Waals surface area (Å²) < 4.78 is 28.5. The van der Waals surface area contributed by atoms with Crippen LogP contribution in [0.1, 0.15) is 39.0 Å². The fourth-order valence-electron chi connectivity index (χ4n) is 2.84. The number of nitrogens with two attached hydrogens (primary N) is 1. The molecule has 0 amide bonds. The first-order chi connectivity index (χ1) is 9.42. The fourth-order valence-corrected chi connectivity index (χ4v) is 4.06. The van der Waals surface area contributed by atoms with Gasteiger partial charge in [-0.2, -0.15) is 5.10 Å². The molecule has 0 atom stereocenters. The lowest BCUT2D eigenvalue weighted by Crippen LogP contribution is -2.31. The van der Waals surface area contributed by atoms with Gasteiger partial charge in [-0.15, -0.1) is 0 Å². The average Bonchev–Trinajstić information content (AvgIpc) is 2.77. The van der Waals surface area contributed by atoms with Crippen molar-refractivity contribution in [2.75, 3.05) is 12.3 Å². The van der Waals surface area contributed by atoms with Crippen molar-refractivity contribution in [3.63, 3.8) is 0 Å². The van der Waals surface area contributed by atoms with Crippen molar-refractivity contribution in [2.45, 2.75) is 43.9 Å². The minimum Gasteiger partial charge on any atom is -0.381 e. The third-order valence-electron chi connectivity index (χ3n) is 4.22. The summed E-state index contributed by atoms with van der Waals surface area (Å²) in [6, 6.07) is 0. The maximum Gasteiger partial charge on any atom is 0.245 e. The minimum absolute atomic E-state index is 0.0506. The molecule has 2 rings (SSSR count). The smallest absolute Gasteiger partial charge is 0.245 e. The summed E-state index contributed by atoms with van der Waals surface area (Å²) >= 11 is 0. The van der Waals surface area contributed by atoms with Gasteiger partial charge < -0.3 is 5.73 Å². The SMILES string of the molecule is CCC1CCC(CNS(=O)(=O)c2cn(C)nc2N)CC1. The number of nitrogens with one attached hydrogen (secondary N) is 1. The Morgan fingerprint density at radius 3 is 2.45 bits per heavy atom. The van der Waals surface area contributed by atoms with Crippen LogP contribution in [0.3, 0.4) is 0 Å². The molecule has 7 heteroatoms. The summed E-state index contributed by atoms with van der Waals surface area (Å²) in [6.45, 7) is 2.71. The number of sulfonamides is 1. The molecule has 1 saturated carbocycles. The maximum absolute atomic E-state index is 12.2. The first-order valence-corrected chi connectivity index (χ1v) is 8.69. The molecule has 1 aromatic heterocycles. The van der Waals surface area contributed by atoms with E-state index >= 15 is 0 Å². The molecule has 1 fully saturated rings. The normalized spacial score (nSPS) is 23.9. The van der Waals surface area contributed by atoms with Crippen molar-refractivity contribution < 1.29 is 8.42 Å². The Labute approximate surface area is 120 Å². The summed E-state index contributed by atoms with van der Waals surface area (Å²) in [6.07, 6.45) is 7.28. The van der Waals surface area contributed by atoms with Gasteiger partial charge in [-0.1, -0.05) is 26.2 Å². The standard InChI is InChI=1S/C13H24N4O2S/c1-3-10-4-6-11(7-5-10)8-15-20(18,19)12-9-17(2)16-13(12)14/h9-11,15H,3-8H2,1-2H3,(H2,14,16). The topological polar surface area (TPSA) is 90.0 Å². The first kappa shape index (κ1) is 15.3. The van der Waals surface area contributed by atoms with Crippen LogP contribution in [0.4, 0.5) is 5.82 Å². The Balaban J connectivity index is 1.92. The third kappa shape index (κ3) is 3.52. The van der Waals surface area contributed by atoms with Crippen LogP contribution in [0.25, 0.3) is 0 Å². The summed E-state index contributed by atoms with van der Waals surface area (Å²) in [5, 5.41) is 3.87. The molecule has 1 aliphatic carbocycles. The molecule has 0 aliphatic heterocycles. The van der Waals surface area contributed by atoms with Crippen LogP contribution in [-0.4, -0.2) is 24.7 Å². The van der Waals surface area contributed by atoms with Gasteiger partial charge in [-0.25, -0.2) is 13.1 Å². The van der Waals surface area contributed by atoms with E-state index in [-0.39, 0.29) is 10.7 Å². The Morgan fingerprint density at radius 2 is 1.95 bits per heavy atom. The molecule has 0 radical (unpaired) electrons. The van der Waals surface area contributed by atoms with E-state index in [0.29, 0.717) is 12.5 Å². The van der Waals surface area contributed by atoms with Crippen molar-refractivity contribution in [1.29, 1.82) is 0 Å². The Kier molecular flexibility index (Phi) is 4.70. The minimum atomic E-state index is -3.55. The van der Waals surface area contributed by atoms with Gasteiger partial charge in [0, 0.05) is 19.8 Å². The third-order valence-corrected chi connectivity index (χ3v) is 5.66. The molecule has 1 heterocycles. The number of nitrogens with zero attached hydrogens (tertiary/aromatic N) is 2. The number of hydrogen-bond acceptors (Lipinski definition) is 4. The van der Waals surface area contributed by atoms with Gasteiger partial charge in [0.15, 0.2) is 5.82 Å². The Hall–Kier alpha value is -1.08. The van der Waals surface area contributed by atoms with E-state index < -0.39 is 10.0 Å². The molecular weight excluding hydrogens is 276 g/mol. The number of aryl methyl sites for hydroxylation is 1. The zero-order chi connectivity index (χ0) is 14.8. The molecule has 3 N–H and O–H groups in total. The summed E-state index contributed by atoms with van der Waals surface area (Å²) in [5.41, 5.74) is 5.62. The summed E-state index contributed by atoms with van der Waals surface area (Å²) in [5.74, 6) is 1.30. The number of anilines is 1. The highest BCUT2D eigenvalue weighted by atomic mass is 32.2. The van der Waals surface area contributed by atoms with Gasteiger partial charge >= 0.3 is 0 Å². The second kappa shape index (κ2) is 6.13. The van der Waals surface area contributed by atoms with Crippen LogP contribution in [0.2, 0.25) is 0 Å². The predicted molar refractivity (Wildman–Crippen MR) is 78.5 cm³/mol. The van der Waals surface area contributed by atoms with Crippen LogP contribution in [0.15, 0.2) is 11.1 Å². The van der Waals surface area contributed by atoms with E-state index in [2.05, 4.69) is 16.7 Å². The second-order valence-corrected chi connectivity index (χ2v) is 7.43. The number of hydrogen-bond donors (Lipinski definition) is 2. The zero-order valence-corrected chi connectivity index (χ0v) is 13.0.